The fourth-order valence-electron chi connectivity index (χ4n) is 2.67. The zero-order chi connectivity index (χ0) is 21.4. The SMILES string of the molecule is O=COc1ccc(-c2cc(C(=O)O)cc(-c3ccc(C(=O)O)cc3)c2)cc1.[3H]P.[HH].[HH]. The summed E-state index contributed by atoms with van der Waals surface area (Å²) in [5.41, 5.74) is 3.03. The third kappa shape index (κ3) is 4.61. The summed E-state index contributed by atoms with van der Waals surface area (Å²) < 4.78 is 10.4. The minimum absolute atomic E-state index is 0. The van der Waals surface area contributed by atoms with Gasteiger partial charge >= 0.3 is 11.9 Å². The number of carboxylic acid groups (broad SMARTS) is 2. The van der Waals surface area contributed by atoms with Gasteiger partial charge in [-0.15, -0.1) is 0 Å². The Kier molecular flexibility index (Phi) is 6.14. The Hall–Kier alpha value is -3.50. The molecule has 7 heteroatoms. The quantitative estimate of drug-likeness (QED) is 0.465. The molecule has 0 aromatic heterocycles. The number of rotatable bonds is 6. The molecule has 0 spiro atoms. The fraction of sp³-hybridized carbons (Fsp3) is 0. The monoisotopic (exact) mass is 402 g/mol. The van der Waals surface area contributed by atoms with E-state index in [0.29, 0.717) is 28.9 Å². The van der Waals surface area contributed by atoms with Crippen LogP contribution in [0.1, 0.15) is 23.6 Å². The van der Waals surface area contributed by atoms with Crippen molar-refractivity contribution in [3.8, 4) is 28.0 Å². The number of hydrogen-bond acceptors (Lipinski definition) is 4. The molecule has 6 nitrogen and oxygen atoms in total. The van der Waals surface area contributed by atoms with E-state index >= 15 is 0 Å². The Bertz CT molecular complexity index is 1020. The van der Waals surface area contributed by atoms with E-state index in [1.165, 1.54) is 18.2 Å². The van der Waals surface area contributed by atoms with Crippen LogP contribution in [0.15, 0.2) is 66.7 Å². The summed E-state index contributed by atoms with van der Waals surface area (Å²) in [6.07, 6.45) is 0. The van der Waals surface area contributed by atoms with Crippen molar-refractivity contribution in [1.82, 2.24) is 0 Å². The molecule has 0 aliphatic carbocycles. The first-order valence-electron chi connectivity index (χ1n) is 8.48. The predicted octanol–water partition coefficient (Wildman–Crippen LogP) is 4.50. The number of benzene rings is 3. The molecule has 3 aromatic rings. The highest BCUT2D eigenvalue weighted by Crippen LogP contribution is 2.29. The van der Waals surface area contributed by atoms with Crippen molar-refractivity contribution < 1.29 is 32.2 Å². The van der Waals surface area contributed by atoms with Crippen LogP contribution in [-0.4, -0.2) is 29.9 Å². The van der Waals surface area contributed by atoms with Gasteiger partial charge in [0.25, 0.3) is 6.47 Å². The van der Waals surface area contributed by atoms with Crippen LogP contribution >= 0.6 is 9.84 Å². The number of carboxylic acids is 2. The van der Waals surface area contributed by atoms with Gasteiger partial charge in [-0.3, -0.25) is 4.79 Å². The van der Waals surface area contributed by atoms with Gasteiger partial charge in [0.15, 0.2) is 0 Å². The predicted molar refractivity (Wildman–Crippen MR) is 113 cm³/mol. The molecule has 3 rings (SSSR count). The zero-order valence-corrected chi connectivity index (χ0v) is 15.7. The summed E-state index contributed by atoms with van der Waals surface area (Å²) in [5.74, 6) is -1.71. The lowest BCUT2D eigenvalue weighted by Crippen LogP contribution is -1.98. The van der Waals surface area contributed by atoms with Crippen molar-refractivity contribution >= 4 is 28.3 Å². The highest BCUT2D eigenvalue weighted by Gasteiger charge is 2.11. The van der Waals surface area contributed by atoms with Crippen LogP contribution in [0, 0.1) is 0 Å². The van der Waals surface area contributed by atoms with Crippen molar-refractivity contribution in [3.63, 3.8) is 0 Å². The molecule has 0 radical (unpaired) electrons. The summed E-state index contributed by atoms with van der Waals surface area (Å²) in [4.78, 5) is 32.9. The van der Waals surface area contributed by atoms with Gasteiger partial charge in [0.1, 0.15) is 5.75 Å². The molecule has 0 amide bonds. The highest BCUT2D eigenvalue weighted by atomic mass is 31.0. The van der Waals surface area contributed by atoms with Crippen molar-refractivity contribution in [2.75, 3.05) is 0 Å². The van der Waals surface area contributed by atoms with E-state index < -0.39 is 11.9 Å². The maximum absolute atomic E-state index is 11.5. The number of carbonyl (C=O) groups excluding carboxylic acids is 1. The van der Waals surface area contributed by atoms with Gasteiger partial charge in [-0.1, -0.05) is 24.3 Å². The van der Waals surface area contributed by atoms with Gasteiger partial charge in [0.2, 0.25) is 0 Å². The summed E-state index contributed by atoms with van der Waals surface area (Å²) in [6, 6.07) is 17.8. The first-order valence-corrected chi connectivity index (χ1v) is 7.91. The Labute approximate surface area is 168 Å². The zero-order valence-electron chi connectivity index (χ0n) is 15.5. The lowest BCUT2D eigenvalue weighted by Gasteiger charge is -2.09. The number of aromatic carboxylic acids is 2. The van der Waals surface area contributed by atoms with Crippen LogP contribution < -0.4 is 4.74 Å². The van der Waals surface area contributed by atoms with Gasteiger partial charge in [0.05, 0.1) is 12.4 Å². The van der Waals surface area contributed by atoms with Gasteiger partial charge < -0.3 is 14.9 Å². The molecule has 1 unspecified atom stereocenters. The maximum Gasteiger partial charge on any atom is 0.335 e. The number of ether oxygens (including phenoxy) is 1. The lowest BCUT2D eigenvalue weighted by atomic mass is 9.95. The standard InChI is InChI=1S/C21H14O6.H3P.2H2/c22-12-27-19-7-5-14(6-8-19)17-9-16(10-18(11-17)21(25)26)13-1-3-15(4-2-13)20(23)24;;;/h1-12H,(H,23,24)(H,25,26);1H3;2*1H/i;1T;;. The van der Waals surface area contributed by atoms with Crippen LogP contribution in [0.3, 0.4) is 0 Å². The Morgan fingerprint density at radius 3 is 1.68 bits per heavy atom. The second-order valence-corrected chi connectivity index (χ2v) is 5.73. The molecule has 146 valence electrons. The van der Waals surface area contributed by atoms with Crippen molar-refractivity contribution in [2.45, 2.75) is 0 Å². The molecule has 0 heterocycles. The van der Waals surface area contributed by atoms with Crippen molar-refractivity contribution in [1.29, 1.82) is 1.28 Å². The maximum atomic E-state index is 11.5. The number of hydrogen-bond donors (Lipinski definition) is 2. The molecule has 0 aliphatic heterocycles. The first-order chi connectivity index (χ1) is 14.0. The van der Waals surface area contributed by atoms with Gasteiger partial charge in [-0.2, -0.15) is 9.84 Å². The molecular formula is C21H21O6P. The summed E-state index contributed by atoms with van der Waals surface area (Å²) >= 11 is 0. The van der Waals surface area contributed by atoms with Crippen LogP contribution in [0.25, 0.3) is 22.3 Å². The van der Waals surface area contributed by atoms with E-state index in [2.05, 4.69) is 0 Å². The molecule has 0 saturated heterocycles. The van der Waals surface area contributed by atoms with Gasteiger partial charge in [-0.25, -0.2) is 9.59 Å². The van der Waals surface area contributed by atoms with E-state index in [-0.39, 0.29) is 14.0 Å². The fourth-order valence-corrected chi connectivity index (χ4v) is 2.67. The molecule has 0 fully saturated rings. The number of carbonyl (C=O) groups is 3. The smallest absolute Gasteiger partial charge is 0.335 e. The molecule has 0 saturated carbocycles. The van der Waals surface area contributed by atoms with E-state index in [4.69, 9.17) is 11.1 Å². The van der Waals surface area contributed by atoms with Crippen LogP contribution in [0.4, 0.5) is 0 Å². The third-order valence-corrected chi connectivity index (χ3v) is 4.02. The normalized spacial score (nSPS) is 10.1. The van der Waals surface area contributed by atoms with E-state index in [1.54, 1.807) is 52.3 Å². The van der Waals surface area contributed by atoms with Crippen LogP contribution in [0.5, 0.6) is 5.75 Å². The average molecular weight is 402 g/mol. The molecule has 28 heavy (non-hydrogen) atoms. The average Bonchev–Trinajstić information content (AvgIpc) is 2.75. The molecule has 0 bridgehead atoms. The molecular weight excluding hydrogens is 379 g/mol. The molecule has 3 aromatic carbocycles. The topological polar surface area (TPSA) is 101 Å². The third-order valence-electron chi connectivity index (χ3n) is 4.02. The molecule has 1 atom stereocenters. The van der Waals surface area contributed by atoms with Crippen LogP contribution in [-0.2, 0) is 4.79 Å². The minimum atomic E-state index is -1.07. The van der Waals surface area contributed by atoms with Crippen LogP contribution in [0.2, 0.25) is 0 Å². The second kappa shape index (κ2) is 8.93. The Balaban J connectivity index is 0.00000219. The van der Waals surface area contributed by atoms with Crippen molar-refractivity contribution in [3.05, 3.63) is 77.9 Å². The Morgan fingerprint density at radius 1 is 0.786 bits per heavy atom. The molecule has 0 aliphatic rings. The second-order valence-electron chi connectivity index (χ2n) is 5.73. The minimum Gasteiger partial charge on any atom is -0.478 e. The highest BCUT2D eigenvalue weighted by molar-refractivity contribution is 6.92. The first kappa shape index (κ1) is 19.3. The van der Waals surface area contributed by atoms with E-state index in [1.807, 2.05) is 6.07 Å². The summed E-state index contributed by atoms with van der Waals surface area (Å²) in [6.45, 7) is 0.332. The summed E-state index contributed by atoms with van der Waals surface area (Å²) in [5, 5.41) is 18.4. The molecule has 2 N–H and O–H groups in total. The Morgan fingerprint density at radius 2 is 1.25 bits per heavy atom. The van der Waals surface area contributed by atoms with E-state index in [0.717, 1.165) is 5.56 Å². The lowest BCUT2D eigenvalue weighted by molar-refractivity contribution is -0.120. The van der Waals surface area contributed by atoms with Gasteiger partial charge in [-0.05, 0) is 64.7 Å². The van der Waals surface area contributed by atoms with Crippen molar-refractivity contribution in [2.24, 2.45) is 0 Å². The largest absolute Gasteiger partial charge is 0.478 e. The summed E-state index contributed by atoms with van der Waals surface area (Å²) in [7, 11) is 1.67. The van der Waals surface area contributed by atoms with E-state index in [9.17, 15) is 19.5 Å². The van der Waals surface area contributed by atoms with Gasteiger partial charge in [0, 0.05) is 2.85 Å².